The Balaban J connectivity index is 2.71. The molecule has 0 amide bonds. The lowest BCUT2D eigenvalue weighted by Crippen LogP contribution is -2.06. The van der Waals surface area contributed by atoms with E-state index in [1.54, 1.807) is 6.08 Å². The van der Waals surface area contributed by atoms with Gasteiger partial charge in [-0.1, -0.05) is 13.0 Å². The van der Waals surface area contributed by atoms with Crippen LogP contribution in [0.25, 0.3) is 0 Å². The second-order valence-electron chi connectivity index (χ2n) is 2.95. The Morgan fingerprint density at radius 1 is 1.77 bits per heavy atom. The normalized spacial score (nSPS) is 18.2. The van der Waals surface area contributed by atoms with Crippen LogP contribution in [0.5, 0.6) is 0 Å². The zero-order valence-electron chi connectivity index (χ0n) is 7.75. The molecule has 0 fully saturated rings. The number of carboxylic acid groups (broad SMARTS) is 1. The highest BCUT2D eigenvalue weighted by molar-refractivity contribution is 5.87. The van der Waals surface area contributed by atoms with Gasteiger partial charge in [-0.2, -0.15) is 0 Å². The molecule has 1 rings (SSSR count). The molecule has 1 N–H and O–H groups in total. The summed E-state index contributed by atoms with van der Waals surface area (Å²) in [5.74, 6) is -0.839. The summed E-state index contributed by atoms with van der Waals surface area (Å²) in [6, 6.07) is 0. The van der Waals surface area contributed by atoms with E-state index in [2.05, 4.69) is 0 Å². The molecule has 0 aliphatic carbocycles. The first-order chi connectivity index (χ1) is 6.24. The molecule has 0 aromatic rings. The molecule has 0 saturated heterocycles. The molecule has 0 aromatic carbocycles. The number of aliphatic carboxylic acids is 1. The largest absolute Gasteiger partial charge is 0.478 e. The maximum absolute atomic E-state index is 10.7. The Morgan fingerprint density at radius 2 is 2.54 bits per heavy atom. The predicted molar refractivity (Wildman–Crippen MR) is 49.5 cm³/mol. The van der Waals surface area contributed by atoms with E-state index in [4.69, 9.17) is 9.84 Å². The fourth-order valence-electron chi connectivity index (χ4n) is 1.22. The minimum Gasteiger partial charge on any atom is -0.478 e. The Labute approximate surface area is 77.7 Å². The highest BCUT2D eigenvalue weighted by atomic mass is 16.5. The van der Waals surface area contributed by atoms with Crippen LogP contribution in [-0.4, -0.2) is 24.3 Å². The van der Waals surface area contributed by atoms with Gasteiger partial charge in [0.2, 0.25) is 0 Å². The van der Waals surface area contributed by atoms with Crippen LogP contribution in [0.4, 0.5) is 0 Å². The Bertz CT molecular complexity index is 251. The van der Waals surface area contributed by atoms with Crippen LogP contribution in [0.3, 0.4) is 0 Å². The summed E-state index contributed by atoms with van der Waals surface area (Å²) in [5.41, 5.74) is 1.42. The summed E-state index contributed by atoms with van der Waals surface area (Å²) in [7, 11) is 0. The molecule has 0 saturated carbocycles. The first-order valence-electron chi connectivity index (χ1n) is 4.44. The van der Waals surface area contributed by atoms with Crippen molar-refractivity contribution in [3.05, 3.63) is 23.3 Å². The highest BCUT2D eigenvalue weighted by Crippen LogP contribution is 2.11. The summed E-state index contributed by atoms with van der Waals surface area (Å²) >= 11 is 0. The van der Waals surface area contributed by atoms with E-state index in [0.29, 0.717) is 18.6 Å². The molecule has 0 atom stereocenters. The van der Waals surface area contributed by atoms with Crippen LogP contribution in [-0.2, 0) is 9.53 Å². The first-order valence-corrected chi connectivity index (χ1v) is 4.44. The van der Waals surface area contributed by atoms with Gasteiger partial charge < -0.3 is 9.84 Å². The molecule has 0 spiro atoms. The average molecular weight is 182 g/mol. The third-order valence-corrected chi connectivity index (χ3v) is 1.95. The minimum absolute atomic E-state index is 0.441. The van der Waals surface area contributed by atoms with Gasteiger partial charge in [0.1, 0.15) is 0 Å². The molecule has 3 heteroatoms. The molecular formula is C10H14O3. The quantitative estimate of drug-likeness (QED) is 0.676. The average Bonchev–Trinajstić information content (AvgIpc) is 2.15. The van der Waals surface area contributed by atoms with Crippen molar-refractivity contribution >= 4 is 5.97 Å². The van der Waals surface area contributed by atoms with Crippen molar-refractivity contribution in [1.29, 1.82) is 0 Å². The lowest BCUT2D eigenvalue weighted by molar-refractivity contribution is -0.132. The van der Waals surface area contributed by atoms with Gasteiger partial charge in [-0.3, -0.25) is 0 Å². The van der Waals surface area contributed by atoms with Gasteiger partial charge in [-0.15, -0.1) is 0 Å². The van der Waals surface area contributed by atoms with Crippen LogP contribution < -0.4 is 0 Å². The van der Waals surface area contributed by atoms with E-state index in [-0.39, 0.29) is 0 Å². The van der Waals surface area contributed by atoms with Crippen LogP contribution in [0, 0.1) is 0 Å². The van der Waals surface area contributed by atoms with E-state index < -0.39 is 5.97 Å². The Kier molecular flexibility index (Phi) is 3.71. The number of rotatable bonds is 3. The molecule has 1 aliphatic rings. The molecule has 72 valence electrons. The van der Waals surface area contributed by atoms with Crippen molar-refractivity contribution in [1.82, 2.24) is 0 Å². The number of hydrogen-bond acceptors (Lipinski definition) is 2. The summed E-state index contributed by atoms with van der Waals surface area (Å²) in [6.45, 7) is 3.12. The van der Waals surface area contributed by atoms with Crippen molar-refractivity contribution in [2.75, 3.05) is 13.2 Å². The summed E-state index contributed by atoms with van der Waals surface area (Å²) in [5, 5.41) is 8.77. The van der Waals surface area contributed by atoms with Crippen LogP contribution in [0.1, 0.15) is 19.8 Å². The third-order valence-electron chi connectivity index (χ3n) is 1.95. The van der Waals surface area contributed by atoms with Gasteiger partial charge in [-0.05, 0) is 24.5 Å². The van der Waals surface area contributed by atoms with Gasteiger partial charge in [0.15, 0.2) is 0 Å². The predicted octanol–water partition coefficient (Wildman–Crippen LogP) is 1.75. The summed E-state index contributed by atoms with van der Waals surface area (Å²) < 4.78 is 5.20. The van der Waals surface area contributed by atoms with Crippen molar-refractivity contribution in [2.24, 2.45) is 0 Å². The number of hydrogen-bond donors (Lipinski definition) is 1. The van der Waals surface area contributed by atoms with Crippen molar-refractivity contribution in [3.8, 4) is 0 Å². The Hall–Kier alpha value is -1.09. The van der Waals surface area contributed by atoms with E-state index >= 15 is 0 Å². The van der Waals surface area contributed by atoms with Gasteiger partial charge in [-0.25, -0.2) is 4.79 Å². The third kappa shape index (κ3) is 3.03. The van der Waals surface area contributed by atoms with Crippen LogP contribution in [0.2, 0.25) is 0 Å². The van der Waals surface area contributed by atoms with Gasteiger partial charge in [0.25, 0.3) is 0 Å². The smallest absolute Gasteiger partial charge is 0.331 e. The first kappa shape index (κ1) is 9.99. The van der Waals surface area contributed by atoms with Crippen molar-refractivity contribution < 1.29 is 14.6 Å². The maximum atomic E-state index is 10.7. The molecule has 1 heterocycles. The fraction of sp³-hybridized carbons (Fsp3) is 0.500. The lowest BCUT2D eigenvalue weighted by atomic mass is 10.1. The molecule has 0 radical (unpaired) electrons. The Morgan fingerprint density at radius 3 is 3.00 bits per heavy atom. The van der Waals surface area contributed by atoms with E-state index in [0.717, 1.165) is 18.6 Å². The van der Waals surface area contributed by atoms with Crippen LogP contribution in [0.15, 0.2) is 23.3 Å². The van der Waals surface area contributed by atoms with Gasteiger partial charge in [0, 0.05) is 5.57 Å². The molecule has 0 bridgehead atoms. The zero-order valence-corrected chi connectivity index (χ0v) is 7.75. The van der Waals surface area contributed by atoms with Gasteiger partial charge in [0.05, 0.1) is 13.2 Å². The summed E-state index contributed by atoms with van der Waals surface area (Å²) in [4.78, 5) is 10.7. The monoisotopic (exact) mass is 182 g/mol. The number of carbonyl (C=O) groups is 1. The fourth-order valence-corrected chi connectivity index (χ4v) is 1.22. The molecule has 0 unspecified atom stereocenters. The molecular weight excluding hydrogens is 168 g/mol. The van der Waals surface area contributed by atoms with Crippen molar-refractivity contribution in [3.63, 3.8) is 0 Å². The van der Waals surface area contributed by atoms with Gasteiger partial charge >= 0.3 is 5.97 Å². The zero-order chi connectivity index (χ0) is 9.68. The standard InChI is InChI=1S/C10H14O3/c1-2-9(10(11)12)6-8-4-3-5-13-7-8/h4,6H,2-3,5,7H2,1H3,(H,11,12)/b9-6-. The van der Waals surface area contributed by atoms with E-state index in [1.165, 1.54) is 0 Å². The highest BCUT2D eigenvalue weighted by Gasteiger charge is 2.07. The van der Waals surface area contributed by atoms with E-state index in [1.807, 2.05) is 13.0 Å². The molecule has 13 heavy (non-hydrogen) atoms. The van der Waals surface area contributed by atoms with Crippen LogP contribution >= 0.6 is 0 Å². The number of carboxylic acids is 1. The second kappa shape index (κ2) is 4.82. The van der Waals surface area contributed by atoms with Crippen molar-refractivity contribution in [2.45, 2.75) is 19.8 Å². The number of ether oxygens (including phenoxy) is 1. The second-order valence-corrected chi connectivity index (χ2v) is 2.95. The SMILES string of the molecule is CC/C(=C/C1=CCCOC1)C(=O)O. The maximum Gasteiger partial charge on any atom is 0.331 e. The molecule has 1 aliphatic heterocycles. The van der Waals surface area contributed by atoms with E-state index in [9.17, 15) is 4.79 Å². The molecule has 3 nitrogen and oxygen atoms in total. The minimum atomic E-state index is -0.839. The lowest BCUT2D eigenvalue weighted by Gasteiger charge is -2.10. The summed E-state index contributed by atoms with van der Waals surface area (Å²) in [6.07, 6.45) is 5.17. The topological polar surface area (TPSA) is 46.5 Å². The molecule has 0 aromatic heterocycles.